The molecule has 7 unspecified atom stereocenters. The van der Waals surface area contributed by atoms with Gasteiger partial charge in [0.2, 0.25) is 12.1 Å². The highest BCUT2D eigenvalue weighted by Gasteiger charge is 2.65. The number of aliphatic hydroxyl groups is 2. The molecule has 2 heterocycles. The number of carbonyl (C=O) groups is 1. The van der Waals surface area contributed by atoms with Crippen molar-refractivity contribution >= 4 is 11.8 Å². The van der Waals surface area contributed by atoms with Crippen LogP contribution < -0.4 is 9.47 Å². The average Bonchev–Trinajstić information content (AvgIpc) is 3.30. The molecule has 0 radical (unpaired) electrons. The number of nitrogens with zero attached hydrogens (tertiary/aromatic N) is 2. The number of rotatable bonds is 21. The first-order chi connectivity index (χ1) is 30.8. The van der Waals surface area contributed by atoms with Gasteiger partial charge < -0.3 is 48.4 Å². The van der Waals surface area contributed by atoms with E-state index in [1.165, 1.54) is 5.56 Å². The summed E-state index contributed by atoms with van der Waals surface area (Å²) in [6.07, 6.45) is 10.6. The van der Waals surface area contributed by atoms with Gasteiger partial charge >= 0.3 is 6.09 Å². The molecule has 340 valence electrons. The Morgan fingerprint density at radius 3 is 2.48 bits per heavy atom. The number of fused-ring (bicyclic) bond motifs is 2. The molecule has 1 saturated heterocycles. The Bertz CT molecular complexity index is 2030. The van der Waals surface area contributed by atoms with E-state index in [2.05, 4.69) is 38.6 Å². The third-order valence-corrected chi connectivity index (χ3v) is 13.1. The van der Waals surface area contributed by atoms with E-state index in [0.29, 0.717) is 43.3 Å². The SMILES string of the molecule is C=CCOC12Oc3ccc(Oc4ccc(C)c(C)c4)cc3C3C(CCCCO)C(CCCCO)C=C(C(=NOC4CCCCO4)CC1N(C)C(=O)OCCOCc1ccccc1)C32. The molecule has 63 heavy (non-hydrogen) atoms. The molecule has 12 nitrogen and oxygen atoms in total. The second-order valence-corrected chi connectivity index (χ2v) is 17.3. The van der Waals surface area contributed by atoms with E-state index >= 15 is 0 Å². The van der Waals surface area contributed by atoms with Crippen LogP contribution in [0.1, 0.15) is 92.4 Å². The zero-order chi connectivity index (χ0) is 44.2. The Kier molecular flexibility index (Phi) is 16.4. The standard InChI is InChI=1S/C51H66N2O10/c1-5-26-60-51-46(53(4)50(56)59-29-28-57-34-37-15-7-6-8-16-37)33-44(52-63-47-19-11-14-27-58-47)42-31-38(17-9-12-24-54)41(18-10-13-25-55)48(49(42)51)43-32-40(22-23-45(43)62-51)61-39-21-20-35(2)36(3)30-39/h5-8,15-16,20-23,30-32,38,41,46-49,54-55H,1,9-14,17-19,24-29,33-34H2,2-4H3. The molecule has 2 N–H and O–H groups in total. The fraction of sp³-hybridized carbons (Fsp3) is 0.529. The van der Waals surface area contributed by atoms with Gasteiger partial charge in [-0.25, -0.2) is 4.79 Å². The van der Waals surface area contributed by atoms with Gasteiger partial charge in [-0.05, 0) is 117 Å². The topological polar surface area (TPSA) is 138 Å². The van der Waals surface area contributed by atoms with Crippen molar-refractivity contribution in [3.8, 4) is 17.2 Å². The van der Waals surface area contributed by atoms with Gasteiger partial charge in [0.05, 0.1) is 38.1 Å². The van der Waals surface area contributed by atoms with Crippen LogP contribution in [0.3, 0.4) is 0 Å². The molecule has 12 heteroatoms. The normalized spacial score (nSPS) is 25.5. The molecule has 1 saturated carbocycles. The summed E-state index contributed by atoms with van der Waals surface area (Å²) in [5, 5.41) is 24.8. The fourth-order valence-corrected chi connectivity index (χ4v) is 9.80. The maximum Gasteiger partial charge on any atom is 0.410 e. The van der Waals surface area contributed by atoms with Gasteiger partial charge in [0, 0.05) is 44.6 Å². The van der Waals surface area contributed by atoms with Crippen molar-refractivity contribution in [3.05, 3.63) is 113 Å². The molecule has 0 bridgehead atoms. The lowest BCUT2D eigenvalue weighted by molar-refractivity contribution is -0.254. The highest BCUT2D eigenvalue weighted by molar-refractivity contribution is 6.03. The lowest BCUT2D eigenvalue weighted by Crippen LogP contribution is -2.69. The molecule has 4 aliphatic rings. The number of ether oxygens (including phenoxy) is 6. The van der Waals surface area contributed by atoms with Crippen molar-refractivity contribution in [2.24, 2.45) is 22.9 Å². The molecule has 7 rings (SSSR count). The third-order valence-electron chi connectivity index (χ3n) is 13.1. The summed E-state index contributed by atoms with van der Waals surface area (Å²) in [5.74, 6) is 0.144. The summed E-state index contributed by atoms with van der Waals surface area (Å²) in [6, 6.07) is 21.2. The van der Waals surface area contributed by atoms with E-state index in [9.17, 15) is 15.0 Å². The summed E-state index contributed by atoms with van der Waals surface area (Å²) in [6.45, 7) is 9.84. The van der Waals surface area contributed by atoms with Crippen LogP contribution in [-0.2, 0) is 30.4 Å². The molecule has 2 aliphatic carbocycles. The van der Waals surface area contributed by atoms with Crippen molar-refractivity contribution < 1.29 is 48.3 Å². The molecule has 2 fully saturated rings. The number of allylic oxidation sites excluding steroid dienone is 1. The van der Waals surface area contributed by atoms with E-state index in [-0.39, 0.29) is 57.2 Å². The Hall–Kier alpha value is -4.72. The minimum absolute atomic E-state index is 0.0545. The number of likely N-dealkylation sites (N-methyl/N-ethyl adjacent to an activating group) is 1. The summed E-state index contributed by atoms with van der Waals surface area (Å²) in [5.41, 5.74) is 5.98. The Morgan fingerprint density at radius 2 is 1.73 bits per heavy atom. The first-order valence-corrected chi connectivity index (χ1v) is 22.9. The number of aliphatic hydroxyl groups excluding tert-OH is 2. The van der Waals surface area contributed by atoms with Crippen LogP contribution in [0.15, 0.2) is 96.2 Å². The van der Waals surface area contributed by atoms with Crippen LogP contribution in [-0.4, -0.2) is 91.7 Å². The second kappa shape index (κ2) is 22.3. The number of hydrogen-bond donors (Lipinski definition) is 2. The monoisotopic (exact) mass is 866 g/mol. The molecule has 2 aliphatic heterocycles. The number of oxime groups is 1. The molecule has 7 atom stereocenters. The van der Waals surface area contributed by atoms with Gasteiger partial charge in [0.15, 0.2) is 0 Å². The van der Waals surface area contributed by atoms with Gasteiger partial charge in [-0.1, -0.05) is 66.5 Å². The van der Waals surface area contributed by atoms with Crippen LogP contribution in [0.2, 0.25) is 0 Å². The summed E-state index contributed by atoms with van der Waals surface area (Å²) < 4.78 is 38.6. The van der Waals surface area contributed by atoms with Crippen molar-refractivity contribution in [3.63, 3.8) is 0 Å². The summed E-state index contributed by atoms with van der Waals surface area (Å²) in [7, 11) is 1.72. The molecular formula is C51H66N2O10. The maximum absolute atomic E-state index is 14.2. The lowest BCUT2D eigenvalue weighted by Gasteiger charge is -2.59. The van der Waals surface area contributed by atoms with Gasteiger partial charge in [0.25, 0.3) is 0 Å². The van der Waals surface area contributed by atoms with E-state index in [1.54, 1.807) is 18.0 Å². The Morgan fingerprint density at radius 1 is 0.952 bits per heavy atom. The van der Waals surface area contributed by atoms with Gasteiger partial charge in [-0.2, -0.15) is 0 Å². The van der Waals surface area contributed by atoms with Crippen LogP contribution in [0, 0.1) is 31.6 Å². The molecular weight excluding hydrogens is 801 g/mol. The van der Waals surface area contributed by atoms with Crippen molar-refractivity contribution in [1.29, 1.82) is 0 Å². The number of hydrogen-bond acceptors (Lipinski definition) is 11. The number of carbonyl (C=O) groups excluding carboxylic acids is 1. The van der Waals surface area contributed by atoms with Crippen molar-refractivity contribution in [1.82, 2.24) is 4.90 Å². The molecule has 0 aromatic heterocycles. The van der Waals surface area contributed by atoms with E-state index in [1.807, 2.05) is 54.6 Å². The minimum atomic E-state index is -1.41. The number of benzene rings is 3. The molecule has 3 aromatic rings. The van der Waals surface area contributed by atoms with E-state index < -0.39 is 30.1 Å². The predicted molar refractivity (Wildman–Crippen MR) is 241 cm³/mol. The van der Waals surface area contributed by atoms with E-state index in [4.69, 9.17) is 38.4 Å². The zero-order valence-corrected chi connectivity index (χ0v) is 37.3. The van der Waals surface area contributed by atoms with Crippen LogP contribution in [0.4, 0.5) is 4.79 Å². The third kappa shape index (κ3) is 11.0. The maximum atomic E-state index is 14.2. The lowest BCUT2D eigenvalue weighted by atomic mass is 9.55. The predicted octanol–water partition coefficient (Wildman–Crippen LogP) is 9.54. The summed E-state index contributed by atoms with van der Waals surface area (Å²) >= 11 is 0. The highest BCUT2D eigenvalue weighted by Crippen LogP contribution is 2.62. The smallest absolute Gasteiger partial charge is 0.410 e. The van der Waals surface area contributed by atoms with E-state index in [0.717, 1.165) is 73.0 Å². The minimum Gasteiger partial charge on any atom is -0.459 e. The Balaban J connectivity index is 1.32. The molecule has 3 aromatic carbocycles. The van der Waals surface area contributed by atoms with Crippen molar-refractivity contribution in [2.75, 3.05) is 46.7 Å². The van der Waals surface area contributed by atoms with Crippen LogP contribution in [0.25, 0.3) is 0 Å². The molecule has 1 amide bonds. The number of amides is 1. The van der Waals surface area contributed by atoms with Gasteiger partial charge in [-0.3, -0.25) is 0 Å². The fourth-order valence-electron chi connectivity index (χ4n) is 9.80. The van der Waals surface area contributed by atoms with Crippen LogP contribution >= 0.6 is 0 Å². The first kappa shape index (κ1) is 46.3. The summed E-state index contributed by atoms with van der Waals surface area (Å²) in [4.78, 5) is 22.0. The first-order valence-electron chi connectivity index (χ1n) is 22.9. The highest BCUT2D eigenvalue weighted by atomic mass is 16.8. The zero-order valence-electron chi connectivity index (χ0n) is 37.3. The number of unbranched alkanes of at least 4 members (excludes halogenated alkanes) is 2. The second-order valence-electron chi connectivity index (χ2n) is 17.3. The largest absolute Gasteiger partial charge is 0.459 e. The van der Waals surface area contributed by atoms with Gasteiger partial charge in [0.1, 0.15) is 29.9 Å². The molecule has 0 spiro atoms. The van der Waals surface area contributed by atoms with Crippen molar-refractivity contribution in [2.45, 2.75) is 109 Å². The Labute approximate surface area is 372 Å². The quantitative estimate of drug-likeness (QED) is 0.0605. The average molecular weight is 867 g/mol. The van der Waals surface area contributed by atoms with Gasteiger partial charge in [-0.15, -0.1) is 6.58 Å². The van der Waals surface area contributed by atoms with Crippen LogP contribution in [0.5, 0.6) is 17.2 Å². The number of aryl methyl sites for hydroxylation is 2.